The molecule has 1 aliphatic rings. The fraction of sp³-hybridized carbons (Fsp3) is 0.667. The quantitative estimate of drug-likeness (QED) is 0.248. The molecule has 0 aliphatic carbocycles. The van der Waals surface area contributed by atoms with Crippen LogP contribution in [0.3, 0.4) is 0 Å². The molecule has 0 aromatic heterocycles. The molecule has 3 atom stereocenters. The number of nitrogens with zero attached hydrogens (tertiary/aromatic N) is 1. The third kappa shape index (κ3) is 4.62. The molecular weight excluding hydrogens is 254 g/mol. The monoisotopic (exact) mass is 273 g/mol. The van der Waals surface area contributed by atoms with Crippen LogP contribution < -0.4 is 0 Å². The molecule has 1 fully saturated rings. The molecular formula is C12H19NO6. The highest BCUT2D eigenvalue weighted by molar-refractivity contribution is 5.82. The number of carbonyl (C=O) groups is 1. The van der Waals surface area contributed by atoms with E-state index >= 15 is 0 Å². The third-order valence-electron chi connectivity index (χ3n) is 2.43. The van der Waals surface area contributed by atoms with E-state index in [9.17, 15) is 9.90 Å². The topological polar surface area (TPSA) is 97.6 Å². The standard InChI is InChI=1S/C12H19NO6/c1-4-17-10(15)6-5-8(14)11-9(7-13-16)18-12(2,3)19-11/h5-9,11,14,16H,4H2,1-3H3/b6-5+,13-7+/t8?,9-,11+/m0/s1. The van der Waals surface area contributed by atoms with E-state index in [0.29, 0.717) is 0 Å². The predicted octanol–water partition coefficient (Wildman–Crippen LogP) is 0.447. The van der Waals surface area contributed by atoms with E-state index in [-0.39, 0.29) is 6.61 Å². The van der Waals surface area contributed by atoms with Crippen LogP contribution in [-0.4, -0.2) is 53.2 Å². The van der Waals surface area contributed by atoms with Crippen molar-refractivity contribution in [2.45, 2.75) is 44.9 Å². The zero-order valence-electron chi connectivity index (χ0n) is 11.1. The van der Waals surface area contributed by atoms with Gasteiger partial charge in [-0.25, -0.2) is 4.79 Å². The number of ether oxygens (including phenoxy) is 3. The molecule has 1 rings (SSSR count). The maximum absolute atomic E-state index is 11.1. The lowest BCUT2D eigenvalue weighted by atomic mass is 10.1. The van der Waals surface area contributed by atoms with Gasteiger partial charge in [0.05, 0.1) is 12.8 Å². The summed E-state index contributed by atoms with van der Waals surface area (Å²) < 4.78 is 15.6. The number of rotatable bonds is 5. The first-order valence-corrected chi connectivity index (χ1v) is 5.96. The van der Waals surface area contributed by atoms with Crippen molar-refractivity contribution in [2.75, 3.05) is 6.61 Å². The van der Waals surface area contributed by atoms with E-state index in [2.05, 4.69) is 5.16 Å². The number of hydrogen-bond acceptors (Lipinski definition) is 7. The van der Waals surface area contributed by atoms with Crippen molar-refractivity contribution in [3.05, 3.63) is 12.2 Å². The van der Waals surface area contributed by atoms with Gasteiger partial charge in [0.15, 0.2) is 5.79 Å². The second-order valence-electron chi connectivity index (χ2n) is 4.43. The highest BCUT2D eigenvalue weighted by Gasteiger charge is 2.43. The zero-order valence-corrected chi connectivity index (χ0v) is 11.1. The largest absolute Gasteiger partial charge is 0.463 e. The average Bonchev–Trinajstić information content (AvgIpc) is 2.62. The van der Waals surface area contributed by atoms with Crippen molar-refractivity contribution < 1.29 is 29.3 Å². The van der Waals surface area contributed by atoms with Crippen LogP contribution >= 0.6 is 0 Å². The summed E-state index contributed by atoms with van der Waals surface area (Å²) in [6.07, 6.45) is 0.940. The highest BCUT2D eigenvalue weighted by Crippen LogP contribution is 2.29. The average molecular weight is 273 g/mol. The molecule has 0 bridgehead atoms. The fourth-order valence-corrected chi connectivity index (χ4v) is 1.74. The highest BCUT2D eigenvalue weighted by atomic mass is 16.8. The Kier molecular flexibility index (Phi) is 5.46. The first-order chi connectivity index (χ1) is 8.89. The Balaban J connectivity index is 2.68. The number of hydrogen-bond donors (Lipinski definition) is 2. The van der Waals surface area contributed by atoms with Crippen molar-refractivity contribution in [1.29, 1.82) is 0 Å². The van der Waals surface area contributed by atoms with E-state index in [1.165, 1.54) is 6.08 Å². The first-order valence-electron chi connectivity index (χ1n) is 5.96. The molecule has 108 valence electrons. The van der Waals surface area contributed by atoms with Crippen molar-refractivity contribution in [3.8, 4) is 0 Å². The molecule has 1 unspecified atom stereocenters. The minimum absolute atomic E-state index is 0.259. The molecule has 0 aromatic rings. The summed E-state index contributed by atoms with van der Waals surface area (Å²) in [5, 5.41) is 21.4. The van der Waals surface area contributed by atoms with Crippen LogP contribution in [0.4, 0.5) is 0 Å². The van der Waals surface area contributed by atoms with Gasteiger partial charge >= 0.3 is 5.97 Å². The van der Waals surface area contributed by atoms with Gasteiger partial charge in [0.2, 0.25) is 0 Å². The van der Waals surface area contributed by atoms with Gasteiger partial charge in [-0.15, -0.1) is 0 Å². The van der Waals surface area contributed by atoms with Gasteiger partial charge in [-0.3, -0.25) is 0 Å². The maximum Gasteiger partial charge on any atom is 0.330 e. The zero-order chi connectivity index (χ0) is 14.5. The summed E-state index contributed by atoms with van der Waals surface area (Å²) in [5.74, 6) is -1.46. The number of esters is 1. The van der Waals surface area contributed by atoms with Gasteiger partial charge in [-0.2, -0.15) is 0 Å². The number of oxime groups is 1. The fourth-order valence-electron chi connectivity index (χ4n) is 1.74. The van der Waals surface area contributed by atoms with Gasteiger partial charge in [0.1, 0.15) is 18.3 Å². The molecule has 19 heavy (non-hydrogen) atoms. The van der Waals surface area contributed by atoms with Crippen LogP contribution in [0.1, 0.15) is 20.8 Å². The Bertz CT molecular complexity index is 365. The van der Waals surface area contributed by atoms with Crippen LogP contribution in [0.5, 0.6) is 0 Å². The van der Waals surface area contributed by atoms with Crippen LogP contribution in [0, 0.1) is 0 Å². The second-order valence-corrected chi connectivity index (χ2v) is 4.43. The summed E-state index contributed by atoms with van der Waals surface area (Å²) in [5.41, 5.74) is 0. The predicted molar refractivity (Wildman–Crippen MR) is 65.9 cm³/mol. The Hall–Kier alpha value is -1.44. The molecule has 1 saturated heterocycles. The SMILES string of the molecule is CCOC(=O)/C=C/C(O)[C@H]1OC(C)(C)O[C@H]1/C=N/O. The molecule has 0 amide bonds. The third-order valence-corrected chi connectivity index (χ3v) is 2.43. The summed E-state index contributed by atoms with van der Waals surface area (Å²) in [7, 11) is 0. The van der Waals surface area contributed by atoms with Gasteiger partial charge in [-0.1, -0.05) is 5.16 Å². The summed E-state index contributed by atoms with van der Waals surface area (Å²) >= 11 is 0. The van der Waals surface area contributed by atoms with Crippen molar-refractivity contribution in [2.24, 2.45) is 5.16 Å². The van der Waals surface area contributed by atoms with Crippen LogP contribution in [0.25, 0.3) is 0 Å². The van der Waals surface area contributed by atoms with E-state index in [1.54, 1.807) is 20.8 Å². The molecule has 0 aromatic carbocycles. The minimum Gasteiger partial charge on any atom is -0.463 e. The lowest BCUT2D eigenvalue weighted by Crippen LogP contribution is -2.35. The summed E-state index contributed by atoms with van der Waals surface area (Å²) in [4.78, 5) is 11.1. The smallest absolute Gasteiger partial charge is 0.330 e. The molecule has 2 N–H and O–H groups in total. The molecule has 7 heteroatoms. The lowest BCUT2D eigenvalue weighted by molar-refractivity contribution is -0.149. The van der Waals surface area contributed by atoms with Gasteiger partial charge in [0.25, 0.3) is 0 Å². The van der Waals surface area contributed by atoms with Crippen LogP contribution in [0.2, 0.25) is 0 Å². The van der Waals surface area contributed by atoms with Crippen LogP contribution in [-0.2, 0) is 19.0 Å². The van der Waals surface area contributed by atoms with E-state index in [4.69, 9.17) is 19.4 Å². The minimum atomic E-state index is -1.09. The van der Waals surface area contributed by atoms with E-state index < -0.39 is 30.1 Å². The second kappa shape index (κ2) is 6.65. The Morgan fingerprint density at radius 2 is 2.21 bits per heavy atom. The molecule has 1 heterocycles. The maximum atomic E-state index is 11.1. The molecule has 0 spiro atoms. The molecule has 7 nitrogen and oxygen atoms in total. The number of aliphatic hydroxyl groups is 1. The normalized spacial score (nSPS) is 28.0. The van der Waals surface area contributed by atoms with Crippen molar-refractivity contribution in [1.82, 2.24) is 0 Å². The van der Waals surface area contributed by atoms with Crippen molar-refractivity contribution in [3.63, 3.8) is 0 Å². The van der Waals surface area contributed by atoms with Crippen molar-refractivity contribution >= 4 is 12.2 Å². The summed E-state index contributed by atoms with van der Waals surface area (Å²) in [6.45, 7) is 5.29. The van der Waals surface area contributed by atoms with Crippen LogP contribution in [0.15, 0.2) is 17.3 Å². The number of aliphatic hydroxyl groups excluding tert-OH is 1. The van der Waals surface area contributed by atoms with Gasteiger partial charge < -0.3 is 24.5 Å². The van der Waals surface area contributed by atoms with Gasteiger partial charge in [0, 0.05) is 6.08 Å². The molecule has 0 radical (unpaired) electrons. The Morgan fingerprint density at radius 1 is 1.53 bits per heavy atom. The molecule has 0 saturated carbocycles. The lowest BCUT2D eigenvalue weighted by Gasteiger charge is -2.18. The van der Waals surface area contributed by atoms with Gasteiger partial charge in [-0.05, 0) is 26.8 Å². The van der Waals surface area contributed by atoms with E-state index in [0.717, 1.165) is 12.3 Å². The first kappa shape index (κ1) is 15.6. The number of carbonyl (C=O) groups excluding carboxylic acids is 1. The molecule has 1 aliphatic heterocycles. The summed E-state index contributed by atoms with van der Waals surface area (Å²) in [6, 6.07) is 0. The Labute approximate surface area is 111 Å². The van der Waals surface area contributed by atoms with E-state index in [1.807, 2.05) is 0 Å². The Morgan fingerprint density at radius 3 is 2.79 bits per heavy atom.